The lowest BCUT2D eigenvalue weighted by atomic mass is 10.2. The van der Waals surface area contributed by atoms with E-state index in [0.29, 0.717) is 18.9 Å². The van der Waals surface area contributed by atoms with Crippen LogP contribution in [0, 0.1) is 22.7 Å². The molecule has 1 unspecified atom stereocenters. The van der Waals surface area contributed by atoms with Crippen molar-refractivity contribution in [2.24, 2.45) is 0 Å². The number of rotatable bonds is 6. The molecule has 1 aliphatic heterocycles. The van der Waals surface area contributed by atoms with Gasteiger partial charge in [0.15, 0.2) is 0 Å². The fourth-order valence-corrected chi connectivity index (χ4v) is 1.79. The summed E-state index contributed by atoms with van der Waals surface area (Å²) in [7, 11) is 0. The first kappa shape index (κ1) is 12.0. The van der Waals surface area contributed by atoms with Gasteiger partial charge in [0.05, 0.1) is 18.2 Å². The first-order valence-electron chi connectivity index (χ1n) is 5.44. The van der Waals surface area contributed by atoms with Crippen LogP contribution in [0.15, 0.2) is 0 Å². The number of nitrogens with zero attached hydrogens (tertiary/aromatic N) is 3. The molecule has 4 heteroatoms. The van der Waals surface area contributed by atoms with Gasteiger partial charge in [0.2, 0.25) is 0 Å². The van der Waals surface area contributed by atoms with Crippen molar-refractivity contribution in [1.82, 2.24) is 4.90 Å². The summed E-state index contributed by atoms with van der Waals surface area (Å²) in [5.41, 5.74) is 0. The zero-order valence-corrected chi connectivity index (χ0v) is 8.98. The van der Waals surface area contributed by atoms with Crippen LogP contribution in [0.4, 0.5) is 0 Å². The van der Waals surface area contributed by atoms with Crippen LogP contribution in [-0.2, 0) is 4.74 Å². The van der Waals surface area contributed by atoms with Gasteiger partial charge in [-0.3, -0.25) is 4.90 Å². The van der Waals surface area contributed by atoms with Crippen molar-refractivity contribution in [3.63, 3.8) is 0 Å². The van der Waals surface area contributed by atoms with E-state index in [0.717, 1.165) is 39.1 Å². The number of hydrogen-bond acceptors (Lipinski definition) is 4. The molecule has 0 aromatic carbocycles. The lowest BCUT2D eigenvalue weighted by molar-refractivity contribution is 0.0744. The molecule has 0 aliphatic carbocycles. The molecule has 0 spiro atoms. The van der Waals surface area contributed by atoms with Crippen molar-refractivity contribution in [3.05, 3.63) is 0 Å². The third-order valence-electron chi connectivity index (χ3n) is 2.57. The summed E-state index contributed by atoms with van der Waals surface area (Å²) >= 11 is 0. The summed E-state index contributed by atoms with van der Waals surface area (Å²) in [6, 6.07) is 4.27. The van der Waals surface area contributed by atoms with Crippen LogP contribution in [0.5, 0.6) is 0 Å². The molecule has 0 aromatic rings. The molecule has 1 fully saturated rings. The monoisotopic (exact) mass is 207 g/mol. The second-order valence-corrected chi connectivity index (χ2v) is 3.75. The largest absolute Gasteiger partial charge is 0.377 e. The summed E-state index contributed by atoms with van der Waals surface area (Å²) in [6.07, 6.45) is 3.60. The Morgan fingerprint density at radius 2 is 1.87 bits per heavy atom. The zero-order valence-electron chi connectivity index (χ0n) is 8.98. The van der Waals surface area contributed by atoms with Crippen molar-refractivity contribution in [1.29, 1.82) is 10.5 Å². The Morgan fingerprint density at radius 3 is 2.33 bits per heavy atom. The SMILES string of the molecule is N#CCCN(CCC#N)CC1CCCO1. The highest BCUT2D eigenvalue weighted by Crippen LogP contribution is 2.13. The average molecular weight is 207 g/mol. The van der Waals surface area contributed by atoms with Crippen LogP contribution in [0.1, 0.15) is 25.7 Å². The second kappa shape index (κ2) is 7.23. The Kier molecular flexibility index (Phi) is 5.77. The molecule has 0 N–H and O–H groups in total. The van der Waals surface area contributed by atoms with E-state index in [1.807, 2.05) is 0 Å². The van der Waals surface area contributed by atoms with E-state index in [4.69, 9.17) is 15.3 Å². The van der Waals surface area contributed by atoms with E-state index in [-0.39, 0.29) is 0 Å². The van der Waals surface area contributed by atoms with Crippen molar-refractivity contribution in [2.45, 2.75) is 31.8 Å². The minimum absolute atomic E-state index is 0.308. The molecule has 0 radical (unpaired) electrons. The summed E-state index contributed by atoms with van der Waals surface area (Å²) in [4.78, 5) is 2.16. The molecule has 0 aromatic heterocycles. The summed E-state index contributed by atoms with van der Waals surface area (Å²) in [5, 5.41) is 17.1. The Balaban J connectivity index is 2.27. The van der Waals surface area contributed by atoms with Gasteiger partial charge in [-0.1, -0.05) is 0 Å². The highest BCUT2D eigenvalue weighted by molar-refractivity contribution is 4.79. The van der Waals surface area contributed by atoms with Gasteiger partial charge in [-0.05, 0) is 12.8 Å². The lowest BCUT2D eigenvalue weighted by Gasteiger charge is -2.22. The molecule has 1 atom stereocenters. The molecule has 0 bridgehead atoms. The average Bonchev–Trinajstić information content (AvgIpc) is 2.74. The first-order valence-corrected chi connectivity index (χ1v) is 5.44. The van der Waals surface area contributed by atoms with Crippen molar-refractivity contribution in [2.75, 3.05) is 26.2 Å². The van der Waals surface area contributed by atoms with E-state index in [1.54, 1.807) is 0 Å². The predicted octanol–water partition coefficient (Wildman–Crippen LogP) is 1.29. The van der Waals surface area contributed by atoms with Gasteiger partial charge in [0.1, 0.15) is 0 Å². The van der Waals surface area contributed by atoms with E-state index in [1.165, 1.54) is 0 Å². The minimum atomic E-state index is 0.308. The minimum Gasteiger partial charge on any atom is -0.377 e. The molecule has 1 aliphatic rings. The van der Waals surface area contributed by atoms with E-state index in [2.05, 4.69) is 17.0 Å². The highest BCUT2D eigenvalue weighted by atomic mass is 16.5. The number of nitriles is 2. The lowest BCUT2D eigenvalue weighted by Crippen LogP contribution is -2.33. The van der Waals surface area contributed by atoms with Gasteiger partial charge in [-0.2, -0.15) is 10.5 Å². The maximum Gasteiger partial charge on any atom is 0.0702 e. The second-order valence-electron chi connectivity index (χ2n) is 3.75. The predicted molar refractivity (Wildman–Crippen MR) is 55.9 cm³/mol. The van der Waals surface area contributed by atoms with Crippen LogP contribution in [-0.4, -0.2) is 37.2 Å². The Hall–Kier alpha value is -1.10. The fourth-order valence-electron chi connectivity index (χ4n) is 1.79. The van der Waals surface area contributed by atoms with E-state index < -0.39 is 0 Å². The molecule has 0 amide bonds. The van der Waals surface area contributed by atoms with Crippen LogP contribution < -0.4 is 0 Å². The topological polar surface area (TPSA) is 60.0 Å². The maximum absolute atomic E-state index is 8.53. The Labute approximate surface area is 91.0 Å². The molecular formula is C11H17N3O. The van der Waals surface area contributed by atoms with Crippen molar-refractivity contribution >= 4 is 0 Å². The van der Waals surface area contributed by atoms with Crippen LogP contribution >= 0.6 is 0 Å². The zero-order chi connectivity index (χ0) is 10.9. The van der Waals surface area contributed by atoms with Crippen molar-refractivity contribution in [3.8, 4) is 12.1 Å². The van der Waals surface area contributed by atoms with Gasteiger partial charge in [0, 0.05) is 39.1 Å². The summed E-state index contributed by atoms with van der Waals surface area (Å²) < 4.78 is 5.54. The molecule has 1 heterocycles. The molecule has 1 rings (SSSR count). The van der Waals surface area contributed by atoms with Crippen LogP contribution in [0.2, 0.25) is 0 Å². The highest BCUT2D eigenvalue weighted by Gasteiger charge is 2.18. The normalized spacial score (nSPS) is 20.1. The summed E-state index contributed by atoms with van der Waals surface area (Å²) in [6.45, 7) is 3.22. The van der Waals surface area contributed by atoms with Gasteiger partial charge in [-0.15, -0.1) is 0 Å². The van der Waals surface area contributed by atoms with E-state index >= 15 is 0 Å². The van der Waals surface area contributed by atoms with E-state index in [9.17, 15) is 0 Å². The van der Waals surface area contributed by atoms with Gasteiger partial charge >= 0.3 is 0 Å². The van der Waals surface area contributed by atoms with Gasteiger partial charge < -0.3 is 4.74 Å². The first-order chi connectivity index (χ1) is 7.36. The third-order valence-corrected chi connectivity index (χ3v) is 2.57. The molecule has 4 nitrogen and oxygen atoms in total. The molecule has 82 valence electrons. The summed E-state index contributed by atoms with van der Waals surface area (Å²) in [5.74, 6) is 0. The Bertz CT molecular complexity index is 230. The van der Waals surface area contributed by atoms with Crippen LogP contribution in [0.3, 0.4) is 0 Å². The fraction of sp³-hybridized carbons (Fsp3) is 0.818. The smallest absolute Gasteiger partial charge is 0.0702 e. The standard InChI is InChI=1S/C11H17N3O/c12-5-2-7-14(8-3-6-13)10-11-4-1-9-15-11/h11H,1-4,7-10H2. The number of hydrogen-bond donors (Lipinski definition) is 0. The van der Waals surface area contributed by atoms with Gasteiger partial charge in [-0.25, -0.2) is 0 Å². The molecule has 15 heavy (non-hydrogen) atoms. The Morgan fingerprint density at radius 1 is 1.20 bits per heavy atom. The molecular weight excluding hydrogens is 190 g/mol. The molecule has 1 saturated heterocycles. The maximum atomic E-state index is 8.53. The number of ether oxygens (including phenoxy) is 1. The van der Waals surface area contributed by atoms with Crippen LogP contribution in [0.25, 0.3) is 0 Å². The quantitative estimate of drug-likeness (QED) is 0.658. The third kappa shape index (κ3) is 4.78. The van der Waals surface area contributed by atoms with Crippen molar-refractivity contribution < 1.29 is 4.74 Å². The van der Waals surface area contributed by atoms with Gasteiger partial charge in [0.25, 0.3) is 0 Å². The molecule has 0 saturated carbocycles.